The van der Waals surface area contributed by atoms with Gasteiger partial charge in [-0.05, 0) is 25.7 Å². The number of fused-ring (bicyclic) bond motifs is 1. The molecule has 0 radical (unpaired) electrons. The average molecular weight is 328 g/mol. The molecule has 0 unspecified atom stereocenters. The molecule has 0 saturated heterocycles. The molecule has 94 valence electrons. The summed E-state index contributed by atoms with van der Waals surface area (Å²) in [7, 11) is 0. The Hall–Kier alpha value is 0.934. The number of halogens is 3. The molecule has 0 aromatic heterocycles. The van der Waals surface area contributed by atoms with Crippen LogP contribution in [-0.2, 0) is 21.7 Å². The van der Waals surface area contributed by atoms with Crippen molar-refractivity contribution in [3.8, 4) is 0 Å². The average Bonchev–Trinajstić information content (AvgIpc) is 2.56. The normalized spacial score (nSPS) is 20.7. The number of rotatable bonds is 0. The van der Waals surface area contributed by atoms with Gasteiger partial charge >= 0.3 is 21.7 Å². The van der Waals surface area contributed by atoms with Gasteiger partial charge in [-0.3, -0.25) is 0 Å². The van der Waals surface area contributed by atoms with Gasteiger partial charge in [-0.15, -0.1) is 12.0 Å². The van der Waals surface area contributed by atoms with E-state index in [0.29, 0.717) is 0 Å². The summed E-state index contributed by atoms with van der Waals surface area (Å²) in [5.41, 5.74) is 7.06. The first-order valence-corrected chi connectivity index (χ1v) is 5.71. The van der Waals surface area contributed by atoms with E-state index in [9.17, 15) is 0 Å². The molecule has 0 aromatic rings. The van der Waals surface area contributed by atoms with Gasteiger partial charge in [0.05, 0.1) is 0 Å². The van der Waals surface area contributed by atoms with Crippen molar-refractivity contribution in [1.29, 1.82) is 0 Å². The maximum atomic E-state index is 2.50. The monoisotopic (exact) mass is 326 g/mol. The van der Waals surface area contributed by atoms with Crippen LogP contribution in [-0.4, -0.2) is 0 Å². The molecule has 0 nitrogen and oxygen atoms in total. The fourth-order valence-electron chi connectivity index (χ4n) is 3.12. The summed E-state index contributed by atoms with van der Waals surface area (Å²) in [5.74, 6) is 0. The Morgan fingerprint density at radius 1 is 0.765 bits per heavy atom. The molecule has 17 heavy (non-hydrogen) atoms. The van der Waals surface area contributed by atoms with Crippen molar-refractivity contribution in [2.45, 2.75) is 51.4 Å². The standard InChI is InChI=1S/C13H17.3ClH.Ti/c1-3-7-12-10(5-1)9-11-6-2-4-8-13(11)12;;;;/h5H,1-4,6-9H2;3*1H;/q-1;;;;+4/p-3. The molecule has 0 fully saturated rings. The molecule has 3 aliphatic rings. The van der Waals surface area contributed by atoms with E-state index in [4.69, 9.17) is 0 Å². The Morgan fingerprint density at radius 2 is 1.41 bits per heavy atom. The minimum absolute atomic E-state index is 0. The van der Waals surface area contributed by atoms with E-state index < -0.39 is 0 Å². The molecule has 0 heterocycles. The van der Waals surface area contributed by atoms with Crippen molar-refractivity contribution in [3.63, 3.8) is 0 Å². The van der Waals surface area contributed by atoms with Crippen LogP contribution in [0, 0.1) is 6.42 Å². The minimum Gasteiger partial charge on any atom is -1.00 e. The SMILES string of the molecule is [CH-]1CCCC2=C1CC1=C2CCCC1.[Cl-].[Cl-].[Cl-].[Ti+4]. The second-order valence-corrected chi connectivity index (χ2v) is 4.57. The van der Waals surface area contributed by atoms with Crippen molar-refractivity contribution in [2.75, 3.05) is 0 Å². The van der Waals surface area contributed by atoms with Crippen LogP contribution < -0.4 is 37.2 Å². The maximum Gasteiger partial charge on any atom is 4.00 e. The fourth-order valence-corrected chi connectivity index (χ4v) is 3.12. The van der Waals surface area contributed by atoms with Crippen LogP contribution in [0.3, 0.4) is 0 Å². The topological polar surface area (TPSA) is 0 Å². The van der Waals surface area contributed by atoms with E-state index in [0.717, 1.165) is 0 Å². The molecule has 0 saturated carbocycles. The van der Waals surface area contributed by atoms with E-state index in [2.05, 4.69) is 6.42 Å². The van der Waals surface area contributed by atoms with Crippen LogP contribution in [0.15, 0.2) is 22.3 Å². The van der Waals surface area contributed by atoms with E-state index >= 15 is 0 Å². The van der Waals surface area contributed by atoms with Gasteiger partial charge in [-0.2, -0.15) is 5.57 Å². The Morgan fingerprint density at radius 3 is 2.18 bits per heavy atom. The van der Waals surface area contributed by atoms with Crippen LogP contribution in [0.25, 0.3) is 0 Å². The Kier molecular flexibility index (Phi) is 10.6. The fraction of sp³-hybridized carbons (Fsp3) is 0.615. The summed E-state index contributed by atoms with van der Waals surface area (Å²) in [5, 5.41) is 0. The van der Waals surface area contributed by atoms with Crippen molar-refractivity contribution in [1.82, 2.24) is 0 Å². The summed E-state index contributed by atoms with van der Waals surface area (Å²) in [6.45, 7) is 0. The van der Waals surface area contributed by atoms with E-state index in [1.54, 1.807) is 22.3 Å². The number of hydrogen-bond donors (Lipinski definition) is 0. The summed E-state index contributed by atoms with van der Waals surface area (Å²) in [6.07, 6.45) is 13.6. The van der Waals surface area contributed by atoms with Crippen LogP contribution in [0.5, 0.6) is 0 Å². The molecule has 4 heteroatoms. The molecule has 0 aliphatic heterocycles. The molecule has 0 bridgehead atoms. The van der Waals surface area contributed by atoms with Gasteiger partial charge in [0, 0.05) is 0 Å². The van der Waals surface area contributed by atoms with Gasteiger partial charge in [0.1, 0.15) is 0 Å². The van der Waals surface area contributed by atoms with Crippen LogP contribution in [0.4, 0.5) is 0 Å². The molecule has 0 spiro atoms. The van der Waals surface area contributed by atoms with Gasteiger partial charge in [-0.1, -0.05) is 24.8 Å². The quantitative estimate of drug-likeness (QED) is 0.309. The number of allylic oxidation sites excluding steroid dienone is 4. The molecular formula is C13H17Cl3Ti. The molecule has 0 atom stereocenters. The zero-order valence-corrected chi connectivity index (χ0v) is 13.7. The number of hydrogen-bond acceptors (Lipinski definition) is 0. The van der Waals surface area contributed by atoms with Crippen LogP contribution >= 0.6 is 0 Å². The van der Waals surface area contributed by atoms with Crippen molar-refractivity contribution >= 4 is 0 Å². The third kappa shape index (κ3) is 3.95. The Labute approximate surface area is 138 Å². The van der Waals surface area contributed by atoms with Crippen molar-refractivity contribution < 1.29 is 58.9 Å². The summed E-state index contributed by atoms with van der Waals surface area (Å²) in [4.78, 5) is 0. The van der Waals surface area contributed by atoms with Gasteiger partial charge in [0.25, 0.3) is 0 Å². The largest absolute Gasteiger partial charge is 4.00 e. The summed E-state index contributed by atoms with van der Waals surface area (Å²) in [6, 6.07) is 0. The van der Waals surface area contributed by atoms with Gasteiger partial charge in [-0.25, -0.2) is 12.0 Å². The zero-order valence-electron chi connectivity index (χ0n) is 9.87. The third-order valence-electron chi connectivity index (χ3n) is 3.76. The van der Waals surface area contributed by atoms with E-state index in [1.165, 1.54) is 51.4 Å². The first-order valence-electron chi connectivity index (χ1n) is 5.71. The van der Waals surface area contributed by atoms with E-state index in [-0.39, 0.29) is 58.9 Å². The molecule has 0 aromatic carbocycles. The summed E-state index contributed by atoms with van der Waals surface area (Å²) < 4.78 is 0. The van der Waals surface area contributed by atoms with Crippen molar-refractivity contribution in [2.24, 2.45) is 0 Å². The maximum absolute atomic E-state index is 2.50. The second kappa shape index (κ2) is 8.94. The molecule has 0 N–H and O–H groups in total. The minimum atomic E-state index is 0. The molecular weight excluding hydrogens is 310 g/mol. The van der Waals surface area contributed by atoms with Gasteiger partial charge in [0.15, 0.2) is 0 Å². The third-order valence-corrected chi connectivity index (χ3v) is 3.76. The zero-order chi connectivity index (χ0) is 8.67. The first kappa shape index (κ1) is 20.3. The predicted molar refractivity (Wildman–Crippen MR) is 55.3 cm³/mol. The van der Waals surface area contributed by atoms with E-state index in [1.807, 2.05) is 0 Å². The first-order chi connectivity index (χ1) is 6.45. The second-order valence-electron chi connectivity index (χ2n) is 4.57. The van der Waals surface area contributed by atoms with Crippen LogP contribution in [0.2, 0.25) is 0 Å². The molecule has 3 rings (SSSR count). The molecule has 3 aliphatic carbocycles. The predicted octanol–water partition coefficient (Wildman–Crippen LogP) is -5.05. The van der Waals surface area contributed by atoms with Gasteiger partial charge in [0.2, 0.25) is 0 Å². The smallest absolute Gasteiger partial charge is 1.00 e. The van der Waals surface area contributed by atoms with Gasteiger partial charge < -0.3 is 37.2 Å². The molecule has 0 amide bonds. The summed E-state index contributed by atoms with van der Waals surface area (Å²) >= 11 is 0. The van der Waals surface area contributed by atoms with Crippen molar-refractivity contribution in [3.05, 3.63) is 28.7 Å². The van der Waals surface area contributed by atoms with Crippen LogP contribution in [0.1, 0.15) is 51.4 Å². The Bertz CT molecular complexity index is 278. The Balaban J connectivity index is 0.